The molecule has 22 heavy (non-hydrogen) atoms. The van der Waals surface area contributed by atoms with Gasteiger partial charge in [0.2, 0.25) is 0 Å². The minimum atomic E-state index is -0.892. The van der Waals surface area contributed by atoms with E-state index in [1.54, 1.807) is 6.66 Å². The molecule has 2 aliphatic carbocycles. The number of fused-ring (bicyclic) bond motifs is 1. The van der Waals surface area contributed by atoms with E-state index in [0.29, 0.717) is 6.04 Å². The van der Waals surface area contributed by atoms with Gasteiger partial charge in [-0.2, -0.15) is 0 Å². The molecule has 0 spiro atoms. The van der Waals surface area contributed by atoms with E-state index >= 15 is 0 Å². The predicted molar refractivity (Wildman–Crippen MR) is 78.8 cm³/mol. The summed E-state index contributed by atoms with van der Waals surface area (Å²) >= 11 is -0.892. The summed E-state index contributed by atoms with van der Waals surface area (Å²) < 4.78 is 5.77. The number of halogens is 2. The van der Waals surface area contributed by atoms with Crippen LogP contribution in [0, 0.1) is 0 Å². The van der Waals surface area contributed by atoms with Crippen LogP contribution in [0.2, 0.25) is 0 Å². The first-order valence-corrected chi connectivity index (χ1v) is 10.6. The smallest absolute Gasteiger partial charge is 1.00 e. The maximum atomic E-state index is 2.46. The second kappa shape index (κ2) is 7.63. The standard InChI is InChI=1S/C13H10N.C5H5.2ClH.Hf/c1-2-6-12-11(5-1)7-8-13(12)14-9-3-4-10-14;1-2-4-5-3-1;;;/h1-7,9-10,13H;1-3H,4H2;2*1H;/q;;;;+2/p-2. The van der Waals surface area contributed by atoms with Gasteiger partial charge in [-0.05, 0) is 0 Å². The van der Waals surface area contributed by atoms with Gasteiger partial charge in [0, 0.05) is 0 Å². The third-order valence-electron chi connectivity index (χ3n) is 3.90. The van der Waals surface area contributed by atoms with Crippen molar-refractivity contribution in [1.82, 2.24) is 4.57 Å². The van der Waals surface area contributed by atoms with Crippen LogP contribution in [0.1, 0.15) is 23.6 Å². The van der Waals surface area contributed by atoms with Crippen LogP contribution >= 0.6 is 0 Å². The number of hydrogen-bond acceptors (Lipinski definition) is 0. The maximum absolute atomic E-state index is 2.46. The Labute approximate surface area is 155 Å². The zero-order valence-electron chi connectivity index (χ0n) is 11.9. The topological polar surface area (TPSA) is 4.93 Å². The van der Waals surface area contributed by atoms with Crippen LogP contribution < -0.4 is 24.8 Å². The molecule has 0 fully saturated rings. The summed E-state index contributed by atoms with van der Waals surface area (Å²) in [5.41, 5.74) is 2.89. The summed E-state index contributed by atoms with van der Waals surface area (Å²) in [5, 5.41) is 0. The second-order valence-electron chi connectivity index (χ2n) is 5.21. The largest absolute Gasteiger partial charge is 1.00 e. The summed E-state index contributed by atoms with van der Waals surface area (Å²) in [5.74, 6) is 0. The molecule has 110 valence electrons. The van der Waals surface area contributed by atoms with Gasteiger partial charge in [-0.15, -0.1) is 0 Å². The Hall–Kier alpha value is -0.830. The average molecular weight is 495 g/mol. The van der Waals surface area contributed by atoms with Crippen LogP contribution in [-0.2, 0) is 22.9 Å². The van der Waals surface area contributed by atoms with Crippen LogP contribution in [-0.4, -0.2) is 4.57 Å². The molecule has 1 heterocycles. The summed E-state index contributed by atoms with van der Waals surface area (Å²) in [4.78, 5) is 0. The molecule has 0 saturated heterocycles. The van der Waals surface area contributed by atoms with Gasteiger partial charge in [-0.1, -0.05) is 0 Å². The van der Waals surface area contributed by atoms with Crippen LogP contribution in [0.15, 0.2) is 73.7 Å². The van der Waals surface area contributed by atoms with Crippen molar-refractivity contribution in [2.45, 2.75) is 12.5 Å². The molecule has 0 radical (unpaired) electrons. The molecule has 1 nitrogen and oxygen atoms in total. The van der Waals surface area contributed by atoms with E-state index in [1.165, 1.54) is 17.5 Å². The van der Waals surface area contributed by atoms with E-state index in [-0.39, 0.29) is 24.8 Å². The fourth-order valence-corrected chi connectivity index (χ4v) is 8.15. The van der Waals surface area contributed by atoms with Crippen molar-refractivity contribution < 1.29 is 47.7 Å². The van der Waals surface area contributed by atoms with Crippen molar-refractivity contribution in [2.24, 2.45) is 0 Å². The van der Waals surface area contributed by atoms with E-state index in [1.807, 2.05) is 0 Å². The van der Waals surface area contributed by atoms with Gasteiger partial charge >= 0.3 is 131 Å². The number of aromatic nitrogens is 1. The van der Waals surface area contributed by atoms with E-state index in [2.05, 4.69) is 77.7 Å². The number of rotatable bonds is 3. The summed E-state index contributed by atoms with van der Waals surface area (Å²) in [6.07, 6.45) is 14.9. The molecule has 2 aliphatic rings. The zero-order chi connectivity index (χ0) is 13.4. The zero-order valence-corrected chi connectivity index (χ0v) is 17.0. The number of benzene rings is 1. The molecular formula is C18H15Cl2HfN. The van der Waals surface area contributed by atoms with E-state index in [9.17, 15) is 0 Å². The van der Waals surface area contributed by atoms with Crippen molar-refractivity contribution in [3.8, 4) is 0 Å². The molecule has 0 aliphatic heterocycles. The first kappa shape index (κ1) is 17.5. The van der Waals surface area contributed by atoms with Gasteiger partial charge in [-0.3, -0.25) is 0 Å². The van der Waals surface area contributed by atoms with Crippen LogP contribution in [0.4, 0.5) is 0 Å². The average Bonchev–Trinajstić information content (AvgIpc) is 3.18. The fraction of sp³-hybridized carbons (Fsp3) is 0.111. The minimum absolute atomic E-state index is 0. The Morgan fingerprint density at radius 2 is 1.77 bits per heavy atom. The van der Waals surface area contributed by atoms with Crippen LogP contribution in [0.3, 0.4) is 0 Å². The quantitative estimate of drug-likeness (QED) is 0.452. The van der Waals surface area contributed by atoms with Crippen LogP contribution in [0.5, 0.6) is 0 Å². The third kappa shape index (κ3) is 3.24. The molecule has 1 atom stereocenters. The molecule has 2 aromatic rings. The first-order valence-electron chi connectivity index (χ1n) is 6.97. The van der Waals surface area contributed by atoms with Crippen molar-refractivity contribution in [2.75, 3.05) is 0 Å². The Balaban J connectivity index is 0.000000882. The molecule has 0 amide bonds. The fourth-order valence-electron chi connectivity index (χ4n) is 2.98. The SMILES string of the molecule is C1=CC[C]([Hf+2][C]2=Cc3ccccc3C2n2cccc2)=C1.[Cl-].[Cl-]. The van der Waals surface area contributed by atoms with E-state index in [4.69, 9.17) is 0 Å². The summed E-state index contributed by atoms with van der Waals surface area (Å²) in [7, 11) is 0. The molecule has 0 bridgehead atoms. The van der Waals surface area contributed by atoms with Crippen molar-refractivity contribution in [3.05, 3.63) is 84.8 Å². The molecule has 0 saturated carbocycles. The van der Waals surface area contributed by atoms with Gasteiger partial charge in [0.25, 0.3) is 0 Å². The van der Waals surface area contributed by atoms with Gasteiger partial charge < -0.3 is 24.8 Å². The van der Waals surface area contributed by atoms with Gasteiger partial charge in [0.05, 0.1) is 0 Å². The summed E-state index contributed by atoms with van der Waals surface area (Å²) in [6.45, 7) is 0. The number of nitrogens with zero attached hydrogens (tertiary/aromatic N) is 1. The molecule has 4 heteroatoms. The Bertz CT molecular complexity index is 729. The maximum Gasteiger partial charge on any atom is -1.00 e. The molecule has 1 aromatic carbocycles. The van der Waals surface area contributed by atoms with Crippen molar-refractivity contribution >= 4 is 6.08 Å². The number of allylic oxidation sites excluding steroid dienone is 5. The Morgan fingerprint density at radius 1 is 1.00 bits per heavy atom. The van der Waals surface area contributed by atoms with Gasteiger partial charge in [0.15, 0.2) is 0 Å². The van der Waals surface area contributed by atoms with Gasteiger partial charge in [0.1, 0.15) is 0 Å². The van der Waals surface area contributed by atoms with Crippen molar-refractivity contribution in [1.29, 1.82) is 0 Å². The predicted octanol–water partition coefficient (Wildman–Crippen LogP) is -1.63. The summed E-state index contributed by atoms with van der Waals surface area (Å²) in [6, 6.07) is 13.6. The van der Waals surface area contributed by atoms with Crippen molar-refractivity contribution in [3.63, 3.8) is 0 Å². The molecular weight excluding hydrogens is 480 g/mol. The molecule has 0 N–H and O–H groups in total. The molecule has 4 rings (SSSR count). The second-order valence-corrected chi connectivity index (χ2v) is 10.5. The monoisotopic (exact) mass is 495 g/mol. The number of hydrogen-bond donors (Lipinski definition) is 0. The van der Waals surface area contributed by atoms with E-state index < -0.39 is 22.9 Å². The minimum Gasteiger partial charge on any atom is -1.00 e. The van der Waals surface area contributed by atoms with E-state index in [0.717, 1.165) is 0 Å². The molecule has 1 unspecified atom stereocenters. The first-order chi connectivity index (χ1) is 9.92. The third-order valence-corrected chi connectivity index (χ3v) is 8.92. The Morgan fingerprint density at radius 3 is 2.50 bits per heavy atom. The molecule has 1 aromatic heterocycles. The van der Waals surface area contributed by atoms with Gasteiger partial charge in [-0.25, -0.2) is 0 Å². The normalized spacial score (nSPS) is 17.7. The Kier molecular flexibility index (Phi) is 6.08. The van der Waals surface area contributed by atoms with Crippen LogP contribution in [0.25, 0.3) is 6.08 Å².